The summed E-state index contributed by atoms with van der Waals surface area (Å²) in [5, 5.41) is 13.9. The lowest BCUT2D eigenvalue weighted by molar-refractivity contribution is -0.132. The summed E-state index contributed by atoms with van der Waals surface area (Å²) in [7, 11) is 0. The summed E-state index contributed by atoms with van der Waals surface area (Å²) < 4.78 is 0. The second-order valence-corrected chi connectivity index (χ2v) is 7.18. The van der Waals surface area contributed by atoms with Crippen LogP contribution in [0.2, 0.25) is 0 Å². The maximum absolute atomic E-state index is 12.2. The van der Waals surface area contributed by atoms with E-state index < -0.39 is 11.9 Å². The number of benzene rings is 2. The molecule has 1 atom stereocenters. The van der Waals surface area contributed by atoms with Gasteiger partial charge in [0, 0.05) is 27.9 Å². The molecule has 0 saturated carbocycles. The van der Waals surface area contributed by atoms with E-state index in [1.165, 1.54) is 18.7 Å². The lowest BCUT2D eigenvalue weighted by atomic mass is 10.2. The van der Waals surface area contributed by atoms with Gasteiger partial charge in [-0.15, -0.1) is 11.8 Å². The zero-order chi connectivity index (χ0) is 19.8. The smallest absolute Gasteiger partial charge is 0.331 e. The van der Waals surface area contributed by atoms with Crippen LogP contribution >= 0.6 is 11.8 Å². The van der Waals surface area contributed by atoms with E-state index in [9.17, 15) is 14.4 Å². The van der Waals surface area contributed by atoms with Gasteiger partial charge in [0.15, 0.2) is 0 Å². The second kappa shape index (κ2) is 9.59. The number of aliphatic carboxylic acids is 1. The molecule has 0 aliphatic heterocycles. The number of carbonyl (C=O) groups is 3. The zero-order valence-corrected chi connectivity index (χ0v) is 15.7. The number of hydrogen-bond acceptors (Lipinski definition) is 4. The van der Waals surface area contributed by atoms with Crippen LogP contribution in [0.15, 0.2) is 71.1 Å². The van der Waals surface area contributed by atoms with Crippen molar-refractivity contribution in [2.75, 3.05) is 10.6 Å². The first-order valence-corrected chi connectivity index (χ1v) is 9.08. The second-order valence-electron chi connectivity index (χ2n) is 5.76. The average Bonchev–Trinajstić information content (AvgIpc) is 2.64. The van der Waals surface area contributed by atoms with Crippen molar-refractivity contribution in [1.29, 1.82) is 0 Å². The highest BCUT2D eigenvalue weighted by atomic mass is 32.2. The van der Waals surface area contributed by atoms with Crippen molar-refractivity contribution in [1.82, 2.24) is 0 Å². The number of nitrogens with one attached hydrogen (secondary N) is 2. The molecule has 140 valence electrons. The molecule has 0 unspecified atom stereocenters. The first-order chi connectivity index (χ1) is 12.8. The van der Waals surface area contributed by atoms with Crippen LogP contribution in [-0.2, 0) is 14.4 Å². The predicted molar refractivity (Wildman–Crippen MR) is 107 cm³/mol. The van der Waals surface area contributed by atoms with Gasteiger partial charge in [0.05, 0.1) is 5.25 Å². The van der Waals surface area contributed by atoms with Crippen molar-refractivity contribution >= 4 is 40.9 Å². The first kappa shape index (κ1) is 20.3. The van der Waals surface area contributed by atoms with E-state index in [1.807, 2.05) is 37.3 Å². The van der Waals surface area contributed by atoms with E-state index in [4.69, 9.17) is 5.11 Å². The Bertz CT molecular complexity index is 848. The Morgan fingerprint density at radius 2 is 1.56 bits per heavy atom. The fourth-order valence-corrected chi connectivity index (χ4v) is 2.94. The van der Waals surface area contributed by atoms with Crippen LogP contribution in [0.4, 0.5) is 11.4 Å². The van der Waals surface area contributed by atoms with E-state index in [0.29, 0.717) is 5.69 Å². The van der Waals surface area contributed by atoms with Crippen molar-refractivity contribution < 1.29 is 19.5 Å². The number of para-hydroxylation sites is 1. The van der Waals surface area contributed by atoms with Crippen LogP contribution in [0.5, 0.6) is 0 Å². The summed E-state index contributed by atoms with van der Waals surface area (Å²) in [6, 6.07) is 16.2. The van der Waals surface area contributed by atoms with E-state index >= 15 is 0 Å². The molecule has 0 bridgehead atoms. The number of carbonyl (C=O) groups excluding carboxylic acids is 2. The molecule has 2 aromatic carbocycles. The molecule has 0 heterocycles. The Kier molecular flexibility index (Phi) is 7.19. The number of carboxylic acids is 1. The van der Waals surface area contributed by atoms with Gasteiger partial charge in [0.1, 0.15) is 0 Å². The van der Waals surface area contributed by atoms with Gasteiger partial charge in [-0.2, -0.15) is 0 Å². The third-order valence-corrected chi connectivity index (χ3v) is 4.64. The van der Waals surface area contributed by atoms with Crippen LogP contribution in [0.25, 0.3) is 0 Å². The van der Waals surface area contributed by atoms with Crippen LogP contribution < -0.4 is 10.6 Å². The maximum Gasteiger partial charge on any atom is 0.331 e. The third kappa shape index (κ3) is 6.63. The molecule has 2 amide bonds. The molecule has 3 N–H and O–H groups in total. The number of hydrogen-bond donors (Lipinski definition) is 3. The van der Waals surface area contributed by atoms with Crippen LogP contribution in [-0.4, -0.2) is 28.1 Å². The Hall–Kier alpha value is -3.06. The molecule has 0 aromatic heterocycles. The van der Waals surface area contributed by atoms with Crippen LogP contribution in [0.3, 0.4) is 0 Å². The van der Waals surface area contributed by atoms with Crippen LogP contribution in [0, 0.1) is 0 Å². The molecule has 0 aliphatic carbocycles. The highest BCUT2D eigenvalue weighted by Gasteiger charge is 2.14. The van der Waals surface area contributed by atoms with Gasteiger partial charge >= 0.3 is 5.97 Å². The summed E-state index contributed by atoms with van der Waals surface area (Å²) in [5.41, 5.74) is 1.25. The summed E-state index contributed by atoms with van der Waals surface area (Å²) in [6.07, 6.45) is 1.03. The summed E-state index contributed by atoms with van der Waals surface area (Å²) in [6.45, 7) is 3.17. The van der Waals surface area contributed by atoms with E-state index in [1.54, 1.807) is 24.3 Å². The molecular weight excluding hydrogens is 364 g/mol. The molecule has 7 heteroatoms. The Labute approximate surface area is 161 Å². The molecular formula is C20H20N2O4S. The van der Waals surface area contributed by atoms with Crippen molar-refractivity contribution in [3.8, 4) is 0 Å². The molecule has 0 spiro atoms. The van der Waals surface area contributed by atoms with Gasteiger partial charge in [-0.3, -0.25) is 9.59 Å². The van der Waals surface area contributed by atoms with Gasteiger partial charge in [-0.05, 0) is 50.2 Å². The lowest BCUT2D eigenvalue weighted by Gasteiger charge is -2.12. The Morgan fingerprint density at radius 3 is 2.15 bits per heavy atom. The Balaban J connectivity index is 1.91. The van der Waals surface area contributed by atoms with E-state index in [2.05, 4.69) is 10.6 Å². The minimum atomic E-state index is -1.14. The standard InChI is InChI=1S/C20H20N2O4S/c1-13(20(25)26)12-18(23)21-16-8-10-17(11-9-16)27-14(2)19(24)22-15-6-4-3-5-7-15/h3-12,14H,1-2H3,(H,21,23)(H,22,24)(H,25,26)/b13-12+/t14-/m0/s1. The number of amides is 2. The van der Waals surface area contributed by atoms with Crippen molar-refractivity contribution in [2.45, 2.75) is 24.0 Å². The van der Waals surface area contributed by atoms with Gasteiger partial charge < -0.3 is 15.7 Å². The number of rotatable bonds is 7. The van der Waals surface area contributed by atoms with Gasteiger partial charge in [0.25, 0.3) is 0 Å². The monoisotopic (exact) mass is 384 g/mol. The van der Waals surface area contributed by atoms with E-state index in [-0.39, 0.29) is 16.7 Å². The fourth-order valence-electron chi connectivity index (χ4n) is 2.08. The average molecular weight is 384 g/mol. The largest absolute Gasteiger partial charge is 0.478 e. The van der Waals surface area contributed by atoms with Gasteiger partial charge in [0.2, 0.25) is 11.8 Å². The molecule has 6 nitrogen and oxygen atoms in total. The summed E-state index contributed by atoms with van der Waals surface area (Å²) in [5.74, 6) is -1.75. The lowest BCUT2D eigenvalue weighted by Crippen LogP contribution is -2.22. The topological polar surface area (TPSA) is 95.5 Å². The minimum Gasteiger partial charge on any atom is -0.478 e. The highest BCUT2D eigenvalue weighted by Crippen LogP contribution is 2.25. The molecule has 2 rings (SSSR count). The molecule has 0 radical (unpaired) electrons. The summed E-state index contributed by atoms with van der Waals surface area (Å²) >= 11 is 1.40. The van der Waals surface area contributed by atoms with Crippen molar-refractivity contribution in [3.63, 3.8) is 0 Å². The molecule has 0 saturated heterocycles. The number of thioether (sulfide) groups is 1. The molecule has 2 aromatic rings. The van der Waals surface area contributed by atoms with Gasteiger partial charge in [-0.25, -0.2) is 4.79 Å². The Morgan fingerprint density at radius 1 is 0.963 bits per heavy atom. The highest BCUT2D eigenvalue weighted by molar-refractivity contribution is 8.00. The molecule has 0 aliphatic rings. The van der Waals surface area contributed by atoms with E-state index in [0.717, 1.165) is 16.7 Å². The van der Waals surface area contributed by atoms with Gasteiger partial charge in [-0.1, -0.05) is 18.2 Å². The quantitative estimate of drug-likeness (QED) is 0.499. The third-order valence-electron chi connectivity index (χ3n) is 3.53. The molecule has 27 heavy (non-hydrogen) atoms. The number of carboxylic acid groups (broad SMARTS) is 1. The zero-order valence-electron chi connectivity index (χ0n) is 14.9. The SMILES string of the molecule is C/C(=C\C(=O)Nc1ccc(S[C@@H](C)C(=O)Nc2ccccc2)cc1)C(=O)O. The normalized spacial score (nSPS) is 12.1. The van der Waals surface area contributed by atoms with Crippen molar-refractivity contribution in [3.05, 3.63) is 66.2 Å². The maximum atomic E-state index is 12.2. The predicted octanol–water partition coefficient (Wildman–Crippen LogP) is 3.78. The molecule has 0 fully saturated rings. The first-order valence-electron chi connectivity index (χ1n) is 8.20. The number of anilines is 2. The minimum absolute atomic E-state index is 0.0436. The van der Waals surface area contributed by atoms with Crippen LogP contribution in [0.1, 0.15) is 13.8 Å². The fraction of sp³-hybridized carbons (Fsp3) is 0.150. The summed E-state index contributed by atoms with van der Waals surface area (Å²) in [4.78, 5) is 35.6. The van der Waals surface area contributed by atoms with Crippen molar-refractivity contribution in [2.24, 2.45) is 0 Å².